The van der Waals surface area contributed by atoms with Gasteiger partial charge in [-0.15, -0.1) is 0 Å². The summed E-state index contributed by atoms with van der Waals surface area (Å²) in [5.74, 6) is 0.644. The van der Waals surface area contributed by atoms with Crippen LogP contribution in [-0.2, 0) is 4.43 Å². The molecular weight excluding hydrogens is 302 g/mol. The standard InChI is InChI=1S/C16H24ClNO2Si/c1-15(2,3)16(11-18,20-21(4,5)6)12-19-14-9-7-8-13(17)10-14/h7-10H,12H2,1-6H3. The van der Waals surface area contributed by atoms with E-state index < -0.39 is 13.9 Å². The summed E-state index contributed by atoms with van der Waals surface area (Å²) in [5, 5.41) is 10.4. The summed E-state index contributed by atoms with van der Waals surface area (Å²) >= 11 is 5.96. The topological polar surface area (TPSA) is 42.2 Å². The van der Waals surface area contributed by atoms with E-state index >= 15 is 0 Å². The lowest BCUT2D eigenvalue weighted by atomic mass is 9.78. The molecule has 3 nitrogen and oxygen atoms in total. The van der Waals surface area contributed by atoms with Crippen molar-refractivity contribution in [2.45, 2.75) is 46.0 Å². The molecule has 21 heavy (non-hydrogen) atoms. The second-order valence-corrected chi connectivity index (χ2v) is 12.0. The maximum atomic E-state index is 9.75. The number of rotatable bonds is 5. The molecule has 0 aromatic heterocycles. The molecule has 1 rings (SSSR count). The van der Waals surface area contributed by atoms with E-state index in [4.69, 9.17) is 20.8 Å². The van der Waals surface area contributed by atoms with Gasteiger partial charge >= 0.3 is 0 Å². The van der Waals surface area contributed by atoms with Gasteiger partial charge in [0.15, 0.2) is 13.9 Å². The normalized spacial score (nSPS) is 15.1. The van der Waals surface area contributed by atoms with Crippen LogP contribution in [0.3, 0.4) is 0 Å². The van der Waals surface area contributed by atoms with Crippen LogP contribution in [0, 0.1) is 16.7 Å². The van der Waals surface area contributed by atoms with E-state index in [1.807, 2.05) is 32.9 Å². The van der Waals surface area contributed by atoms with Crippen LogP contribution >= 0.6 is 11.6 Å². The van der Waals surface area contributed by atoms with Crippen molar-refractivity contribution in [3.63, 3.8) is 0 Å². The molecule has 0 heterocycles. The van der Waals surface area contributed by atoms with Gasteiger partial charge in [-0.25, -0.2) is 0 Å². The summed E-state index contributed by atoms with van der Waals surface area (Å²) in [5.41, 5.74) is -1.35. The first-order chi connectivity index (χ1) is 9.49. The molecule has 0 aliphatic heterocycles. The second-order valence-electron chi connectivity index (χ2n) is 7.15. The first kappa shape index (κ1) is 18.0. The lowest BCUT2D eigenvalue weighted by Crippen LogP contribution is -2.54. The van der Waals surface area contributed by atoms with E-state index in [0.717, 1.165) is 0 Å². The molecule has 0 aliphatic carbocycles. The molecule has 0 bridgehead atoms. The van der Waals surface area contributed by atoms with Crippen LogP contribution < -0.4 is 4.74 Å². The smallest absolute Gasteiger partial charge is 0.186 e. The quantitative estimate of drug-likeness (QED) is 0.724. The van der Waals surface area contributed by atoms with Crippen LogP contribution in [0.4, 0.5) is 0 Å². The molecular formula is C16H24ClNO2Si. The summed E-state index contributed by atoms with van der Waals surface area (Å²) in [6.45, 7) is 12.4. The third-order valence-corrected chi connectivity index (χ3v) is 4.31. The Morgan fingerprint density at radius 2 is 1.86 bits per heavy atom. The average Bonchev–Trinajstić information content (AvgIpc) is 2.31. The lowest BCUT2D eigenvalue weighted by molar-refractivity contribution is -0.0257. The minimum Gasteiger partial charge on any atom is -0.489 e. The first-order valence-electron chi connectivity index (χ1n) is 6.99. The maximum Gasteiger partial charge on any atom is 0.186 e. The first-order valence-corrected chi connectivity index (χ1v) is 10.8. The molecule has 0 saturated heterocycles. The minimum atomic E-state index is -1.90. The Morgan fingerprint density at radius 1 is 1.24 bits per heavy atom. The Hall–Kier alpha value is -1.02. The molecule has 0 radical (unpaired) electrons. The molecule has 1 atom stereocenters. The minimum absolute atomic E-state index is 0.178. The van der Waals surface area contributed by atoms with Gasteiger partial charge in [0.2, 0.25) is 0 Å². The highest BCUT2D eigenvalue weighted by Crippen LogP contribution is 2.36. The summed E-state index contributed by atoms with van der Waals surface area (Å²) in [6, 6.07) is 9.52. The van der Waals surface area contributed by atoms with Crippen molar-refractivity contribution in [1.82, 2.24) is 0 Å². The Morgan fingerprint density at radius 3 is 2.29 bits per heavy atom. The molecule has 0 aliphatic rings. The lowest BCUT2D eigenvalue weighted by Gasteiger charge is -2.42. The van der Waals surface area contributed by atoms with E-state index in [0.29, 0.717) is 10.8 Å². The van der Waals surface area contributed by atoms with Crippen molar-refractivity contribution in [3.8, 4) is 11.8 Å². The molecule has 1 aromatic rings. The fourth-order valence-electron chi connectivity index (χ4n) is 1.89. The molecule has 5 heteroatoms. The van der Waals surface area contributed by atoms with Crippen LogP contribution in [0.1, 0.15) is 20.8 Å². The second kappa shape index (κ2) is 6.39. The van der Waals surface area contributed by atoms with Gasteiger partial charge in [0.25, 0.3) is 0 Å². The van der Waals surface area contributed by atoms with Gasteiger partial charge in [-0.2, -0.15) is 5.26 Å². The maximum absolute atomic E-state index is 9.75. The van der Waals surface area contributed by atoms with Gasteiger partial charge in [-0.3, -0.25) is 0 Å². The molecule has 0 saturated carbocycles. The van der Waals surface area contributed by atoms with Crippen LogP contribution in [0.25, 0.3) is 0 Å². The van der Waals surface area contributed by atoms with Gasteiger partial charge in [0.1, 0.15) is 18.4 Å². The van der Waals surface area contributed by atoms with Gasteiger partial charge in [-0.1, -0.05) is 38.4 Å². The zero-order valence-electron chi connectivity index (χ0n) is 13.7. The largest absolute Gasteiger partial charge is 0.489 e. The summed E-state index contributed by atoms with van der Waals surface area (Å²) in [7, 11) is -1.90. The highest BCUT2D eigenvalue weighted by Gasteiger charge is 2.47. The average molecular weight is 326 g/mol. The summed E-state index contributed by atoms with van der Waals surface area (Å²) in [6.07, 6.45) is 0. The number of nitrogens with zero attached hydrogens (tertiary/aromatic N) is 1. The predicted molar refractivity (Wildman–Crippen MR) is 89.2 cm³/mol. The predicted octanol–water partition coefficient (Wildman–Crippen LogP) is 4.88. The van der Waals surface area contributed by atoms with E-state index in [1.165, 1.54) is 0 Å². The molecule has 116 valence electrons. The van der Waals surface area contributed by atoms with E-state index in [-0.39, 0.29) is 12.0 Å². The number of hydrogen-bond donors (Lipinski definition) is 0. The molecule has 1 aromatic carbocycles. The molecule has 0 spiro atoms. The highest BCUT2D eigenvalue weighted by atomic mass is 35.5. The zero-order valence-corrected chi connectivity index (χ0v) is 15.4. The Balaban J connectivity index is 3.01. The van der Waals surface area contributed by atoms with Crippen LogP contribution in [-0.4, -0.2) is 20.5 Å². The van der Waals surface area contributed by atoms with Gasteiger partial charge in [0.05, 0.1) is 0 Å². The monoisotopic (exact) mass is 325 g/mol. The fourth-order valence-corrected chi connectivity index (χ4v) is 3.52. The van der Waals surface area contributed by atoms with Crippen molar-refractivity contribution in [2.24, 2.45) is 5.41 Å². The number of ether oxygens (including phenoxy) is 1. The number of nitriles is 1. The number of halogens is 1. The third kappa shape index (κ3) is 5.03. The zero-order chi connectivity index (χ0) is 16.3. The van der Waals surface area contributed by atoms with Crippen LogP contribution in [0.2, 0.25) is 24.7 Å². The fraction of sp³-hybridized carbons (Fsp3) is 0.562. The summed E-state index contributed by atoms with van der Waals surface area (Å²) in [4.78, 5) is 0. The highest BCUT2D eigenvalue weighted by molar-refractivity contribution is 6.69. The van der Waals surface area contributed by atoms with Crippen LogP contribution in [0.15, 0.2) is 24.3 Å². The Labute approximate surface area is 134 Å². The SMILES string of the molecule is CC(C)(C)C(C#N)(COc1cccc(Cl)c1)O[Si](C)(C)C. The Kier molecular flexibility index (Phi) is 5.49. The molecule has 0 N–H and O–H groups in total. The number of benzene rings is 1. The molecule has 0 amide bonds. The van der Waals surface area contributed by atoms with E-state index in [9.17, 15) is 5.26 Å². The summed E-state index contributed by atoms with van der Waals surface area (Å²) < 4.78 is 12.0. The van der Waals surface area contributed by atoms with Gasteiger partial charge in [-0.05, 0) is 37.8 Å². The van der Waals surface area contributed by atoms with Gasteiger partial charge in [0, 0.05) is 10.4 Å². The van der Waals surface area contributed by atoms with E-state index in [1.54, 1.807) is 12.1 Å². The molecule has 0 fully saturated rings. The third-order valence-electron chi connectivity index (χ3n) is 3.11. The van der Waals surface area contributed by atoms with Gasteiger partial charge < -0.3 is 9.16 Å². The van der Waals surface area contributed by atoms with Crippen molar-refractivity contribution in [3.05, 3.63) is 29.3 Å². The molecule has 1 unspecified atom stereocenters. The number of hydrogen-bond acceptors (Lipinski definition) is 3. The van der Waals surface area contributed by atoms with E-state index in [2.05, 4.69) is 25.7 Å². The van der Waals surface area contributed by atoms with Crippen molar-refractivity contribution in [1.29, 1.82) is 5.26 Å². The van der Waals surface area contributed by atoms with Crippen molar-refractivity contribution in [2.75, 3.05) is 6.61 Å². The van der Waals surface area contributed by atoms with Crippen molar-refractivity contribution >= 4 is 19.9 Å². The van der Waals surface area contributed by atoms with Crippen molar-refractivity contribution < 1.29 is 9.16 Å². The van der Waals surface area contributed by atoms with Crippen LogP contribution in [0.5, 0.6) is 5.75 Å². The Bertz CT molecular complexity index is 528.